The van der Waals surface area contributed by atoms with E-state index in [-0.39, 0.29) is 35.1 Å². The fraction of sp³-hybridized carbons (Fsp3) is 0.120. The Hall–Kier alpha value is -4.06. The summed E-state index contributed by atoms with van der Waals surface area (Å²) in [6.45, 7) is 3.48. The first-order chi connectivity index (χ1) is 15.0. The van der Waals surface area contributed by atoms with Crippen molar-refractivity contribution in [2.24, 2.45) is 0 Å². The molecule has 0 fully saturated rings. The molecule has 0 N–H and O–H groups in total. The molecule has 0 spiro atoms. The number of rotatable bonds is 5. The molecule has 0 unspecified atom stereocenters. The molecule has 154 valence electrons. The van der Waals surface area contributed by atoms with Gasteiger partial charge >= 0.3 is 0 Å². The Morgan fingerprint density at radius 2 is 1.74 bits per heavy atom. The average molecular weight is 414 g/mol. The molecule has 0 radical (unpaired) electrons. The van der Waals surface area contributed by atoms with Gasteiger partial charge in [0.25, 0.3) is 0 Å². The van der Waals surface area contributed by atoms with Gasteiger partial charge in [-0.25, -0.2) is 0 Å². The van der Waals surface area contributed by atoms with E-state index in [1.54, 1.807) is 30.3 Å². The number of aryl methyl sites for hydroxylation is 2. The summed E-state index contributed by atoms with van der Waals surface area (Å²) in [5.41, 5.74) is 2.62. The predicted octanol–water partition coefficient (Wildman–Crippen LogP) is 5.68. The smallest absolute Gasteiger partial charge is 0.235 e. The van der Waals surface area contributed by atoms with Crippen LogP contribution in [0.3, 0.4) is 0 Å². The van der Waals surface area contributed by atoms with Gasteiger partial charge in [0.15, 0.2) is 18.1 Å². The Balaban J connectivity index is 1.55. The number of carbonyl (C=O) groups excluding carboxylic acids is 1. The molecule has 3 aromatic heterocycles. The van der Waals surface area contributed by atoms with E-state index in [4.69, 9.17) is 18.0 Å². The van der Waals surface area contributed by atoms with E-state index < -0.39 is 0 Å². The van der Waals surface area contributed by atoms with E-state index >= 15 is 0 Å². The van der Waals surface area contributed by atoms with Crippen molar-refractivity contribution in [3.63, 3.8) is 0 Å². The van der Waals surface area contributed by atoms with E-state index in [2.05, 4.69) is 0 Å². The van der Waals surface area contributed by atoms with Gasteiger partial charge in [0.2, 0.25) is 22.7 Å². The summed E-state index contributed by atoms with van der Waals surface area (Å²) in [6.07, 6.45) is 1.48. The molecule has 0 saturated heterocycles. The average Bonchev–Trinajstić information content (AvgIpc) is 3.44. The molecule has 0 saturated carbocycles. The third-order valence-electron chi connectivity index (χ3n) is 5.26. The molecular formula is C25H18O6. The lowest BCUT2D eigenvalue weighted by Crippen LogP contribution is -2.16. The maximum atomic E-state index is 13.2. The largest absolute Gasteiger partial charge is 0.478 e. The van der Waals surface area contributed by atoms with Crippen LogP contribution in [0.25, 0.3) is 33.5 Å². The minimum Gasteiger partial charge on any atom is -0.478 e. The molecule has 31 heavy (non-hydrogen) atoms. The van der Waals surface area contributed by atoms with Crippen molar-refractivity contribution >= 4 is 27.7 Å². The second-order valence-corrected chi connectivity index (χ2v) is 7.36. The monoisotopic (exact) mass is 414 g/mol. The van der Waals surface area contributed by atoms with E-state index in [0.29, 0.717) is 22.3 Å². The fourth-order valence-corrected chi connectivity index (χ4v) is 3.46. The van der Waals surface area contributed by atoms with Crippen LogP contribution in [-0.4, -0.2) is 12.4 Å². The summed E-state index contributed by atoms with van der Waals surface area (Å²) in [5.74, 6) is 0.181. The number of Topliss-reactive ketones (excluding diaryl/α,β-unsaturated/α-hetero) is 1. The first-order valence-corrected chi connectivity index (χ1v) is 9.78. The number of hydrogen-bond donors (Lipinski definition) is 0. The van der Waals surface area contributed by atoms with Crippen molar-refractivity contribution in [1.29, 1.82) is 0 Å². The van der Waals surface area contributed by atoms with Gasteiger partial charge in [0, 0.05) is 5.39 Å². The van der Waals surface area contributed by atoms with Gasteiger partial charge in [0.1, 0.15) is 11.2 Å². The third-order valence-corrected chi connectivity index (χ3v) is 5.26. The number of ketones is 1. The summed E-state index contributed by atoms with van der Waals surface area (Å²) >= 11 is 0. The topological polar surface area (TPSA) is 82.8 Å². The zero-order valence-corrected chi connectivity index (χ0v) is 16.9. The van der Waals surface area contributed by atoms with Crippen LogP contribution in [0.15, 0.2) is 78.9 Å². The van der Waals surface area contributed by atoms with Crippen LogP contribution in [0.4, 0.5) is 0 Å². The van der Waals surface area contributed by atoms with E-state index in [1.807, 2.05) is 38.1 Å². The highest BCUT2D eigenvalue weighted by atomic mass is 16.5. The normalized spacial score (nSPS) is 11.3. The summed E-state index contributed by atoms with van der Waals surface area (Å²) in [5, 5.41) is 1.20. The number of benzene rings is 2. The van der Waals surface area contributed by atoms with Crippen molar-refractivity contribution in [2.45, 2.75) is 13.8 Å². The van der Waals surface area contributed by atoms with Crippen LogP contribution in [0.2, 0.25) is 0 Å². The van der Waals surface area contributed by atoms with Gasteiger partial charge in [-0.15, -0.1) is 0 Å². The Morgan fingerprint density at radius 3 is 2.52 bits per heavy atom. The standard InChI is InChI=1S/C25H18O6/c1-14-10-17-21(11-15(14)2)31-24(20-8-5-9-28-20)25(23(17)27)29-13-18(26)22-12-16-6-3-4-7-19(16)30-22/h3-12H,13H2,1-2H3. The van der Waals surface area contributed by atoms with Crippen LogP contribution in [-0.2, 0) is 0 Å². The second-order valence-electron chi connectivity index (χ2n) is 7.36. The summed E-state index contributed by atoms with van der Waals surface area (Å²) in [7, 11) is 0. The number of carbonyl (C=O) groups is 1. The summed E-state index contributed by atoms with van der Waals surface area (Å²) in [4.78, 5) is 25.9. The second kappa shape index (κ2) is 7.32. The lowest BCUT2D eigenvalue weighted by Gasteiger charge is -2.10. The SMILES string of the molecule is Cc1cc2oc(-c3ccco3)c(OCC(=O)c3cc4ccccc4o3)c(=O)c2cc1C. The quantitative estimate of drug-likeness (QED) is 0.344. The maximum absolute atomic E-state index is 13.2. The van der Waals surface area contributed by atoms with Gasteiger partial charge in [-0.1, -0.05) is 18.2 Å². The van der Waals surface area contributed by atoms with Gasteiger partial charge in [-0.2, -0.15) is 0 Å². The molecule has 6 heteroatoms. The van der Waals surface area contributed by atoms with Crippen molar-refractivity contribution in [3.8, 4) is 17.3 Å². The molecule has 5 rings (SSSR count). The molecule has 3 heterocycles. The van der Waals surface area contributed by atoms with E-state index in [0.717, 1.165) is 16.5 Å². The predicted molar refractivity (Wildman–Crippen MR) is 116 cm³/mol. The van der Waals surface area contributed by atoms with Crippen LogP contribution in [0.5, 0.6) is 5.75 Å². The van der Waals surface area contributed by atoms with Gasteiger partial charge in [0.05, 0.1) is 11.6 Å². The zero-order chi connectivity index (χ0) is 21.5. The Labute approximate surface area is 176 Å². The van der Waals surface area contributed by atoms with Gasteiger partial charge < -0.3 is 18.0 Å². The highest BCUT2D eigenvalue weighted by Crippen LogP contribution is 2.32. The first-order valence-electron chi connectivity index (χ1n) is 9.78. The summed E-state index contributed by atoms with van der Waals surface area (Å²) in [6, 6.07) is 15.9. The van der Waals surface area contributed by atoms with Crippen LogP contribution in [0, 0.1) is 13.8 Å². The Morgan fingerprint density at radius 1 is 0.935 bits per heavy atom. The molecule has 5 aromatic rings. The lowest BCUT2D eigenvalue weighted by molar-refractivity contribution is 0.0894. The van der Waals surface area contributed by atoms with E-state index in [1.165, 1.54) is 6.26 Å². The summed E-state index contributed by atoms with van der Waals surface area (Å²) < 4.78 is 22.7. The van der Waals surface area contributed by atoms with Crippen LogP contribution < -0.4 is 10.2 Å². The van der Waals surface area contributed by atoms with Crippen LogP contribution in [0.1, 0.15) is 21.7 Å². The van der Waals surface area contributed by atoms with Gasteiger partial charge in [-0.05, 0) is 61.4 Å². The highest BCUT2D eigenvalue weighted by Gasteiger charge is 2.22. The maximum Gasteiger partial charge on any atom is 0.235 e. The number of ether oxygens (including phenoxy) is 1. The highest BCUT2D eigenvalue weighted by molar-refractivity contribution is 5.98. The number of hydrogen-bond acceptors (Lipinski definition) is 6. The van der Waals surface area contributed by atoms with Crippen LogP contribution >= 0.6 is 0 Å². The minimum atomic E-state index is -0.388. The Bertz CT molecular complexity index is 1450. The number of fused-ring (bicyclic) bond motifs is 2. The number of para-hydroxylation sites is 1. The number of furan rings is 2. The lowest BCUT2D eigenvalue weighted by atomic mass is 10.1. The first kappa shape index (κ1) is 18.9. The van der Waals surface area contributed by atoms with Crippen molar-refractivity contribution in [1.82, 2.24) is 0 Å². The molecule has 2 aromatic carbocycles. The molecule has 0 aliphatic carbocycles. The third kappa shape index (κ3) is 3.32. The molecule has 0 aliphatic heterocycles. The molecule has 0 atom stereocenters. The molecule has 0 amide bonds. The van der Waals surface area contributed by atoms with Crippen molar-refractivity contribution in [2.75, 3.05) is 6.61 Å². The van der Waals surface area contributed by atoms with E-state index in [9.17, 15) is 9.59 Å². The molecule has 0 bridgehead atoms. The molecule has 0 aliphatic rings. The zero-order valence-electron chi connectivity index (χ0n) is 16.9. The molecular weight excluding hydrogens is 396 g/mol. The minimum absolute atomic E-state index is 0.0739. The molecule has 6 nitrogen and oxygen atoms in total. The Kier molecular flexibility index (Phi) is 4.47. The van der Waals surface area contributed by atoms with Gasteiger partial charge in [-0.3, -0.25) is 9.59 Å². The fourth-order valence-electron chi connectivity index (χ4n) is 3.46. The van der Waals surface area contributed by atoms with Crippen molar-refractivity contribution < 1.29 is 22.8 Å². The van der Waals surface area contributed by atoms with Crippen molar-refractivity contribution in [3.05, 3.63) is 88.0 Å².